The maximum absolute atomic E-state index is 13.0. The molecule has 2 aromatic rings. The SMILES string of the molecule is COc1ccc(C(=O)N[C@@H]2CC[C@@]3(c4ccc(OC)c(OC)c4)CN(C)C[C@H]3C2)cc1OC. The van der Waals surface area contributed by atoms with Crippen molar-refractivity contribution in [3.8, 4) is 23.0 Å². The average molecular weight is 455 g/mol. The van der Waals surface area contributed by atoms with Gasteiger partial charge in [-0.2, -0.15) is 0 Å². The van der Waals surface area contributed by atoms with Gasteiger partial charge < -0.3 is 29.2 Å². The van der Waals surface area contributed by atoms with Crippen molar-refractivity contribution in [1.29, 1.82) is 0 Å². The van der Waals surface area contributed by atoms with Crippen LogP contribution in [0, 0.1) is 5.92 Å². The second-order valence-electron chi connectivity index (χ2n) is 9.13. The van der Waals surface area contributed by atoms with Gasteiger partial charge in [-0.25, -0.2) is 0 Å². The smallest absolute Gasteiger partial charge is 0.251 e. The van der Waals surface area contributed by atoms with Crippen LogP contribution in [0.15, 0.2) is 36.4 Å². The van der Waals surface area contributed by atoms with Crippen LogP contribution in [0.4, 0.5) is 0 Å². The lowest BCUT2D eigenvalue weighted by atomic mass is 9.63. The molecule has 1 heterocycles. The number of amides is 1. The highest BCUT2D eigenvalue weighted by Crippen LogP contribution is 2.49. The van der Waals surface area contributed by atoms with E-state index < -0.39 is 0 Å². The molecule has 1 aliphatic carbocycles. The summed E-state index contributed by atoms with van der Waals surface area (Å²) in [5, 5.41) is 3.26. The van der Waals surface area contributed by atoms with Crippen molar-refractivity contribution in [2.45, 2.75) is 30.7 Å². The molecule has 33 heavy (non-hydrogen) atoms. The predicted molar refractivity (Wildman–Crippen MR) is 127 cm³/mol. The number of hydrogen-bond acceptors (Lipinski definition) is 6. The molecule has 4 rings (SSSR count). The number of likely N-dealkylation sites (tertiary alicyclic amines) is 1. The van der Waals surface area contributed by atoms with E-state index in [0.29, 0.717) is 23.0 Å². The van der Waals surface area contributed by atoms with Gasteiger partial charge in [0.15, 0.2) is 23.0 Å². The molecule has 0 spiro atoms. The first-order valence-electron chi connectivity index (χ1n) is 11.4. The van der Waals surface area contributed by atoms with Crippen molar-refractivity contribution in [2.24, 2.45) is 5.92 Å². The van der Waals surface area contributed by atoms with Gasteiger partial charge in [-0.05, 0) is 68.1 Å². The summed E-state index contributed by atoms with van der Waals surface area (Å²) in [5.41, 5.74) is 1.92. The second kappa shape index (κ2) is 9.51. The first kappa shape index (κ1) is 23.2. The molecule has 1 saturated heterocycles. The first-order chi connectivity index (χ1) is 15.9. The molecular weight excluding hydrogens is 420 g/mol. The number of ether oxygens (including phenoxy) is 4. The van der Waals surface area contributed by atoms with Crippen LogP contribution in [-0.2, 0) is 5.41 Å². The zero-order valence-corrected chi connectivity index (χ0v) is 20.1. The standard InChI is InChI=1S/C26H34N2O5/c1-28-15-19-13-20(27-25(29)17-6-8-21(30-2)23(12-17)32-4)10-11-26(19,16-28)18-7-9-22(31-3)24(14-18)33-5/h6-9,12,14,19-20H,10-11,13,15-16H2,1-5H3,(H,27,29)/t19-,20-,26+/m1/s1. The van der Waals surface area contributed by atoms with Gasteiger partial charge >= 0.3 is 0 Å². The van der Waals surface area contributed by atoms with E-state index in [1.54, 1.807) is 46.6 Å². The third-order valence-corrected chi connectivity index (χ3v) is 7.31. The Morgan fingerprint density at radius 2 is 1.58 bits per heavy atom. The van der Waals surface area contributed by atoms with E-state index in [2.05, 4.69) is 29.4 Å². The lowest BCUT2D eigenvalue weighted by Gasteiger charge is -2.43. The van der Waals surface area contributed by atoms with Crippen molar-refractivity contribution in [3.05, 3.63) is 47.5 Å². The quantitative estimate of drug-likeness (QED) is 0.691. The number of nitrogens with one attached hydrogen (secondary N) is 1. The van der Waals surface area contributed by atoms with Crippen LogP contribution in [0.5, 0.6) is 23.0 Å². The Labute approximate surface area is 196 Å². The lowest BCUT2D eigenvalue weighted by Crippen LogP contribution is -2.47. The van der Waals surface area contributed by atoms with E-state index in [4.69, 9.17) is 18.9 Å². The Morgan fingerprint density at radius 1 is 0.939 bits per heavy atom. The van der Waals surface area contributed by atoms with Crippen molar-refractivity contribution in [1.82, 2.24) is 10.2 Å². The van der Waals surface area contributed by atoms with E-state index in [0.717, 1.165) is 43.9 Å². The fraction of sp³-hybridized carbons (Fsp3) is 0.500. The van der Waals surface area contributed by atoms with E-state index in [-0.39, 0.29) is 17.4 Å². The van der Waals surface area contributed by atoms with Gasteiger partial charge in [-0.1, -0.05) is 6.07 Å². The summed E-state index contributed by atoms with van der Waals surface area (Å²) in [6, 6.07) is 11.7. The minimum Gasteiger partial charge on any atom is -0.493 e. The van der Waals surface area contributed by atoms with Crippen LogP contribution in [0.3, 0.4) is 0 Å². The van der Waals surface area contributed by atoms with Crippen LogP contribution in [0.25, 0.3) is 0 Å². The van der Waals surface area contributed by atoms with E-state index in [1.807, 2.05) is 6.07 Å². The molecule has 0 bridgehead atoms. The van der Waals surface area contributed by atoms with Crippen LogP contribution >= 0.6 is 0 Å². The normalized spacial score (nSPS) is 24.6. The Balaban J connectivity index is 1.52. The van der Waals surface area contributed by atoms with Gasteiger partial charge in [0, 0.05) is 30.1 Å². The molecule has 2 aliphatic rings. The van der Waals surface area contributed by atoms with Gasteiger partial charge in [0.25, 0.3) is 5.91 Å². The summed E-state index contributed by atoms with van der Waals surface area (Å²) >= 11 is 0. The summed E-state index contributed by atoms with van der Waals surface area (Å²) in [6.45, 7) is 2.01. The highest BCUT2D eigenvalue weighted by atomic mass is 16.5. The second-order valence-corrected chi connectivity index (χ2v) is 9.13. The van der Waals surface area contributed by atoms with Crippen molar-refractivity contribution in [2.75, 3.05) is 48.6 Å². The molecule has 178 valence electrons. The highest BCUT2D eigenvalue weighted by Gasteiger charge is 2.50. The molecule has 1 saturated carbocycles. The number of benzene rings is 2. The summed E-state index contributed by atoms with van der Waals surface area (Å²) in [6.07, 6.45) is 2.88. The highest BCUT2D eigenvalue weighted by molar-refractivity contribution is 5.95. The Kier molecular flexibility index (Phi) is 6.70. The molecule has 0 unspecified atom stereocenters. The molecular formula is C26H34N2O5. The maximum atomic E-state index is 13.0. The fourth-order valence-corrected chi connectivity index (χ4v) is 5.70. The molecule has 2 fully saturated rings. The van der Waals surface area contributed by atoms with Crippen molar-refractivity contribution < 1.29 is 23.7 Å². The topological polar surface area (TPSA) is 69.3 Å². The zero-order valence-electron chi connectivity index (χ0n) is 20.1. The van der Waals surface area contributed by atoms with Crippen molar-refractivity contribution >= 4 is 5.91 Å². The third kappa shape index (κ3) is 4.34. The molecule has 1 aliphatic heterocycles. The summed E-state index contributed by atoms with van der Waals surface area (Å²) in [5.74, 6) is 3.05. The first-order valence-corrected chi connectivity index (χ1v) is 11.4. The van der Waals surface area contributed by atoms with E-state index in [9.17, 15) is 4.79 Å². The number of nitrogens with zero attached hydrogens (tertiary/aromatic N) is 1. The summed E-state index contributed by atoms with van der Waals surface area (Å²) in [7, 11) is 8.68. The lowest BCUT2D eigenvalue weighted by molar-refractivity contribution is 0.0904. The molecule has 7 heteroatoms. The van der Waals surface area contributed by atoms with Gasteiger partial charge in [-0.15, -0.1) is 0 Å². The Morgan fingerprint density at radius 3 is 2.24 bits per heavy atom. The van der Waals surface area contributed by atoms with Crippen molar-refractivity contribution in [3.63, 3.8) is 0 Å². The van der Waals surface area contributed by atoms with Crippen LogP contribution in [-0.4, -0.2) is 65.4 Å². The monoisotopic (exact) mass is 454 g/mol. The number of methoxy groups -OCH3 is 4. The van der Waals surface area contributed by atoms with Crippen LogP contribution in [0.1, 0.15) is 35.2 Å². The zero-order chi connectivity index (χ0) is 23.6. The maximum Gasteiger partial charge on any atom is 0.251 e. The minimum atomic E-state index is -0.0779. The number of carbonyl (C=O) groups is 1. The molecule has 3 atom stereocenters. The summed E-state index contributed by atoms with van der Waals surface area (Å²) in [4.78, 5) is 15.4. The van der Waals surface area contributed by atoms with Gasteiger partial charge in [-0.3, -0.25) is 4.79 Å². The van der Waals surface area contributed by atoms with Crippen LogP contribution in [0.2, 0.25) is 0 Å². The van der Waals surface area contributed by atoms with Gasteiger partial charge in [0.2, 0.25) is 0 Å². The molecule has 2 aromatic carbocycles. The molecule has 0 radical (unpaired) electrons. The number of carbonyl (C=O) groups excluding carboxylic acids is 1. The number of likely N-dealkylation sites (N-methyl/N-ethyl adjacent to an activating group) is 1. The predicted octanol–water partition coefficient (Wildman–Crippen LogP) is 3.50. The fourth-order valence-electron chi connectivity index (χ4n) is 5.70. The number of rotatable bonds is 7. The summed E-state index contributed by atoms with van der Waals surface area (Å²) < 4.78 is 21.7. The molecule has 0 aromatic heterocycles. The van der Waals surface area contributed by atoms with Gasteiger partial charge in [0.1, 0.15) is 0 Å². The molecule has 1 N–H and O–H groups in total. The number of hydrogen-bond donors (Lipinski definition) is 1. The number of fused-ring (bicyclic) bond motifs is 1. The Hall–Kier alpha value is -2.93. The van der Waals surface area contributed by atoms with Gasteiger partial charge in [0.05, 0.1) is 28.4 Å². The molecule has 7 nitrogen and oxygen atoms in total. The third-order valence-electron chi connectivity index (χ3n) is 7.31. The Bertz CT molecular complexity index is 1010. The van der Waals surface area contributed by atoms with E-state index in [1.165, 1.54) is 5.56 Å². The minimum absolute atomic E-state index is 0.0544. The van der Waals surface area contributed by atoms with Crippen LogP contribution < -0.4 is 24.3 Å². The molecule has 1 amide bonds. The van der Waals surface area contributed by atoms with E-state index >= 15 is 0 Å². The average Bonchev–Trinajstić information content (AvgIpc) is 3.19. The largest absolute Gasteiger partial charge is 0.493 e.